The van der Waals surface area contributed by atoms with E-state index < -0.39 is 0 Å². The molecule has 0 fully saturated rings. The van der Waals surface area contributed by atoms with E-state index in [1.807, 2.05) is 13.8 Å². The molecule has 0 aliphatic heterocycles. The summed E-state index contributed by atoms with van der Waals surface area (Å²) in [7, 11) is 0. The molecular formula is C22H26. The largest absolute Gasteiger partial charge is 0.0683 e. The van der Waals surface area contributed by atoms with Crippen molar-refractivity contribution in [1.82, 2.24) is 0 Å². The van der Waals surface area contributed by atoms with E-state index >= 15 is 0 Å². The monoisotopic (exact) mass is 290 g/mol. The third-order valence-electron chi connectivity index (χ3n) is 4.16. The number of hydrogen-bond donors (Lipinski definition) is 0. The van der Waals surface area contributed by atoms with Crippen molar-refractivity contribution in [3.63, 3.8) is 0 Å². The zero-order chi connectivity index (χ0) is 15.9. The van der Waals surface area contributed by atoms with Crippen LogP contribution in [-0.2, 0) is 6.42 Å². The van der Waals surface area contributed by atoms with Crippen LogP contribution in [0.3, 0.4) is 0 Å². The Morgan fingerprint density at radius 2 is 1.41 bits per heavy atom. The summed E-state index contributed by atoms with van der Waals surface area (Å²) < 4.78 is 0. The maximum absolute atomic E-state index is 2.32. The molecule has 114 valence electrons. The highest BCUT2D eigenvalue weighted by Crippen LogP contribution is 2.29. The van der Waals surface area contributed by atoms with E-state index in [1.165, 1.54) is 27.5 Å². The number of aryl methyl sites for hydroxylation is 1. The number of rotatable bonds is 3. The topological polar surface area (TPSA) is 0 Å². The second-order valence-corrected chi connectivity index (χ2v) is 5.59. The van der Waals surface area contributed by atoms with E-state index in [0.29, 0.717) is 5.92 Å². The molecule has 0 heteroatoms. The molecule has 0 unspecified atom stereocenters. The summed E-state index contributed by atoms with van der Waals surface area (Å²) in [5.41, 5.74) is 4.30. The molecular weight excluding hydrogens is 264 g/mol. The van der Waals surface area contributed by atoms with Gasteiger partial charge < -0.3 is 0 Å². The van der Waals surface area contributed by atoms with Crippen molar-refractivity contribution in [1.29, 1.82) is 0 Å². The van der Waals surface area contributed by atoms with E-state index in [4.69, 9.17) is 0 Å². The summed E-state index contributed by atoms with van der Waals surface area (Å²) in [6.07, 6.45) is 1.10. The SMILES string of the molecule is CC.Cc1c([C@H](C)Cc2ccccc2)ccc2ccccc12. The minimum Gasteiger partial charge on any atom is -0.0683 e. The van der Waals surface area contributed by atoms with Gasteiger partial charge in [0.2, 0.25) is 0 Å². The molecule has 0 amide bonds. The Balaban J connectivity index is 0.000000847. The number of hydrogen-bond acceptors (Lipinski definition) is 0. The van der Waals surface area contributed by atoms with Crippen LogP contribution >= 0.6 is 0 Å². The lowest BCUT2D eigenvalue weighted by Crippen LogP contribution is -2.01. The predicted molar refractivity (Wildman–Crippen MR) is 98.6 cm³/mol. The second-order valence-electron chi connectivity index (χ2n) is 5.59. The van der Waals surface area contributed by atoms with E-state index in [0.717, 1.165) is 6.42 Å². The molecule has 0 spiro atoms. The maximum atomic E-state index is 2.32. The Bertz CT molecular complexity index is 710. The van der Waals surface area contributed by atoms with Gasteiger partial charge in [-0.3, -0.25) is 0 Å². The van der Waals surface area contributed by atoms with Crippen molar-refractivity contribution in [2.24, 2.45) is 0 Å². The van der Waals surface area contributed by atoms with E-state index in [1.54, 1.807) is 0 Å². The van der Waals surface area contributed by atoms with Crippen LogP contribution < -0.4 is 0 Å². The second kappa shape index (κ2) is 7.79. The van der Waals surface area contributed by atoms with E-state index in [-0.39, 0.29) is 0 Å². The van der Waals surface area contributed by atoms with Crippen LogP contribution in [0.5, 0.6) is 0 Å². The fourth-order valence-electron chi connectivity index (χ4n) is 3.06. The molecule has 3 aromatic rings. The average Bonchev–Trinajstić information content (AvgIpc) is 2.58. The van der Waals surface area contributed by atoms with Crippen LogP contribution in [0.25, 0.3) is 10.8 Å². The first kappa shape index (κ1) is 16.3. The first-order chi connectivity index (χ1) is 10.8. The fraction of sp³-hybridized carbons (Fsp3) is 0.273. The Labute approximate surface area is 134 Å². The van der Waals surface area contributed by atoms with Gasteiger partial charge in [-0.15, -0.1) is 0 Å². The summed E-state index contributed by atoms with van der Waals surface area (Å²) in [6.45, 7) is 8.57. The van der Waals surface area contributed by atoms with Gasteiger partial charge in [-0.1, -0.05) is 87.5 Å². The number of fused-ring (bicyclic) bond motifs is 1. The van der Waals surface area contributed by atoms with Crippen LogP contribution in [0, 0.1) is 6.92 Å². The Hall–Kier alpha value is -2.08. The van der Waals surface area contributed by atoms with Crippen LogP contribution in [0.1, 0.15) is 43.4 Å². The quantitative estimate of drug-likeness (QED) is 0.515. The molecule has 0 aromatic heterocycles. The zero-order valence-electron chi connectivity index (χ0n) is 14.1. The van der Waals surface area contributed by atoms with Gasteiger partial charge in [0.1, 0.15) is 0 Å². The van der Waals surface area contributed by atoms with Gasteiger partial charge in [0.15, 0.2) is 0 Å². The van der Waals surface area contributed by atoms with E-state index in [2.05, 4.69) is 80.6 Å². The summed E-state index contributed by atoms with van der Waals surface area (Å²) in [5, 5.41) is 2.71. The van der Waals surface area contributed by atoms with Gasteiger partial charge in [0.25, 0.3) is 0 Å². The highest BCUT2D eigenvalue weighted by atomic mass is 14.2. The van der Waals surface area contributed by atoms with Crippen molar-refractivity contribution >= 4 is 10.8 Å². The first-order valence-corrected chi connectivity index (χ1v) is 8.28. The van der Waals surface area contributed by atoms with Gasteiger partial charge >= 0.3 is 0 Å². The van der Waals surface area contributed by atoms with Crippen molar-refractivity contribution in [3.8, 4) is 0 Å². The predicted octanol–water partition coefficient (Wildman–Crippen LogP) is 6.52. The number of benzene rings is 3. The maximum Gasteiger partial charge on any atom is -0.0147 e. The normalized spacial score (nSPS) is 11.6. The van der Waals surface area contributed by atoms with Crippen LogP contribution in [-0.4, -0.2) is 0 Å². The minimum absolute atomic E-state index is 0.544. The minimum atomic E-state index is 0.544. The lowest BCUT2D eigenvalue weighted by Gasteiger charge is -2.16. The summed E-state index contributed by atoms with van der Waals surface area (Å²) in [6, 6.07) is 23.9. The summed E-state index contributed by atoms with van der Waals surface area (Å²) in [4.78, 5) is 0. The van der Waals surface area contributed by atoms with Crippen molar-refractivity contribution in [2.45, 2.75) is 40.0 Å². The smallest absolute Gasteiger partial charge is 0.0147 e. The average molecular weight is 290 g/mol. The van der Waals surface area contributed by atoms with Crippen molar-refractivity contribution in [3.05, 3.63) is 83.4 Å². The highest BCUT2D eigenvalue weighted by Gasteiger charge is 2.11. The molecule has 0 bridgehead atoms. The lowest BCUT2D eigenvalue weighted by molar-refractivity contribution is 0.755. The summed E-state index contributed by atoms with van der Waals surface area (Å²) in [5.74, 6) is 0.544. The lowest BCUT2D eigenvalue weighted by atomic mass is 9.88. The van der Waals surface area contributed by atoms with Gasteiger partial charge in [-0.2, -0.15) is 0 Å². The molecule has 0 aliphatic carbocycles. The van der Waals surface area contributed by atoms with E-state index in [9.17, 15) is 0 Å². The molecule has 22 heavy (non-hydrogen) atoms. The first-order valence-electron chi connectivity index (χ1n) is 8.28. The van der Waals surface area contributed by atoms with Crippen LogP contribution in [0.15, 0.2) is 66.7 Å². The molecule has 3 aromatic carbocycles. The Morgan fingerprint density at radius 1 is 0.773 bits per heavy atom. The molecule has 0 saturated carbocycles. The standard InChI is InChI=1S/C20H20.C2H6/c1-15(14-17-8-4-3-5-9-17)19-13-12-18-10-6-7-11-20(18)16(19)2;1-2/h3-13,15H,14H2,1-2H3;1-2H3/t15-;/m1./s1. The molecule has 1 atom stereocenters. The van der Waals surface area contributed by atoms with Crippen LogP contribution in [0.4, 0.5) is 0 Å². The highest BCUT2D eigenvalue weighted by molar-refractivity contribution is 5.86. The molecule has 0 N–H and O–H groups in total. The van der Waals surface area contributed by atoms with Gasteiger partial charge in [-0.05, 0) is 46.7 Å². The van der Waals surface area contributed by atoms with Gasteiger partial charge in [0, 0.05) is 0 Å². The molecule has 0 saturated heterocycles. The molecule has 0 nitrogen and oxygen atoms in total. The Morgan fingerprint density at radius 3 is 2.14 bits per heavy atom. The zero-order valence-corrected chi connectivity index (χ0v) is 14.1. The van der Waals surface area contributed by atoms with Crippen molar-refractivity contribution < 1.29 is 0 Å². The van der Waals surface area contributed by atoms with Crippen LogP contribution in [0.2, 0.25) is 0 Å². The Kier molecular flexibility index (Phi) is 5.77. The fourth-order valence-corrected chi connectivity index (χ4v) is 3.06. The summed E-state index contributed by atoms with van der Waals surface area (Å²) >= 11 is 0. The molecule has 0 radical (unpaired) electrons. The molecule has 0 aliphatic rings. The van der Waals surface area contributed by atoms with Gasteiger partial charge in [-0.25, -0.2) is 0 Å². The third-order valence-corrected chi connectivity index (χ3v) is 4.16. The molecule has 3 rings (SSSR count). The molecule has 0 heterocycles. The third kappa shape index (κ3) is 3.57. The van der Waals surface area contributed by atoms with Gasteiger partial charge in [0.05, 0.1) is 0 Å². The van der Waals surface area contributed by atoms with Crippen molar-refractivity contribution in [2.75, 3.05) is 0 Å².